The maximum atomic E-state index is 12.4. The molecule has 0 saturated carbocycles. The van der Waals surface area contributed by atoms with Crippen LogP contribution in [-0.4, -0.2) is 30.4 Å². The molecule has 0 N–H and O–H groups in total. The molecule has 1 aromatic carbocycles. The maximum absolute atomic E-state index is 12.4. The van der Waals surface area contributed by atoms with E-state index in [9.17, 15) is 4.79 Å². The molecule has 116 valence electrons. The Morgan fingerprint density at radius 2 is 2.05 bits per heavy atom. The molecule has 0 radical (unpaired) electrons. The van der Waals surface area contributed by atoms with Gasteiger partial charge in [-0.25, -0.2) is 5.06 Å². The Morgan fingerprint density at radius 3 is 2.67 bits per heavy atom. The van der Waals surface area contributed by atoms with E-state index in [-0.39, 0.29) is 11.2 Å². The van der Waals surface area contributed by atoms with E-state index >= 15 is 0 Å². The summed E-state index contributed by atoms with van der Waals surface area (Å²) in [7, 11) is 3.18. The SMILES string of the molecule is CCC=CCCCC(Sc1ccccc1)C(=O)N(C)OC. The Kier molecular flexibility index (Phi) is 8.87. The van der Waals surface area contributed by atoms with Crippen LogP contribution in [0.3, 0.4) is 0 Å². The largest absolute Gasteiger partial charge is 0.275 e. The minimum absolute atomic E-state index is 0.0193. The number of hydroxylamine groups is 2. The maximum Gasteiger partial charge on any atom is 0.259 e. The van der Waals surface area contributed by atoms with Gasteiger partial charge in [-0.05, 0) is 37.8 Å². The molecule has 0 saturated heterocycles. The molecular weight excluding hydrogens is 282 g/mol. The summed E-state index contributed by atoms with van der Waals surface area (Å²) < 4.78 is 0. The molecule has 1 atom stereocenters. The third kappa shape index (κ3) is 6.82. The average Bonchev–Trinajstić information content (AvgIpc) is 2.53. The van der Waals surface area contributed by atoms with Crippen LogP contribution in [-0.2, 0) is 9.63 Å². The van der Waals surface area contributed by atoms with Crippen LogP contribution >= 0.6 is 11.8 Å². The van der Waals surface area contributed by atoms with Crippen LogP contribution in [0.2, 0.25) is 0 Å². The molecule has 21 heavy (non-hydrogen) atoms. The zero-order valence-electron chi connectivity index (χ0n) is 13.1. The molecule has 0 aliphatic rings. The van der Waals surface area contributed by atoms with Crippen LogP contribution in [0.15, 0.2) is 47.4 Å². The predicted molar refractivity (Wildman–Crippen MR) is 89.1 cm³/mol. The summed E-state index contributed by atoms with van der Waals surface area (Å²) >= 11 is 1.61. The molecule has 0 spiro atoms. The summed E-state index contributed by atoms with van der Waals surface area (Å²) in [5.74, 6) is 0.0193. The van der Waals surface area contributed by atoms with Crippen molar-refractivity contribution < 1.29 is 9.63 Å². The number of benzene rings is 1. The zero-order chi connectivity index (χ0) is 15.5. The van der Waals surface area contributed by atoms with Crippen molar-refractivity contribution in [2.24, 2.45) is 0 Å². The normalized spacial score (nSPS) is 12.5. The molecule has 0 aliphatic heterocycles. The van der Waals surface area contributed by atoms with Crippen molar-refractivity contribution in [3.8, 4) is 0 Å². The molecule has 0 aromatic heterocycles. The molecular formula is C17H25NO2S. The molecule has 1 amide bonds. The van der Waals surface area contributed by atoms with Gasteiger partial charge in [0.2, 0.25) is 0 Å². The van der Waals surface area contributed by atoms with Crippen LogP contribution in [0.25, 0.3) is 0 Å². The second-order valence-corrected chi connectivity index (χ2v) is 6.02. The molecule has 0 fully saturated rings. The lowest BCUT2D eigenvalue weighted by atomic mass is 10.1. The first-order chi connectivity index (χ1) is 10.2. The van der Waals surface area contributed by atoms with Gasteiger partial charge in [-0.2, -0.15) is 0 Å². The molecule has 4 heteroatoms. The lowest BCUT2D eigenvalue weighted by molar-refractivity contribution is -0.168. The van der Waals surface area contributed by atoms with E-state index in [4.69, 9.17) is 4.84 Å². The number of allylic oxidation sites excluding steroid dienone is 2. The van der Waals surface area contributed by atoms with Crippen LogP contribution in [0, 0.1) is 0 Å². The number of carbonyl (C=O) groups excluding carboxylic acids is 1. The number of hydrogen-bond donors (Lipinski definition) is 0. The minimum atomic E-state index is -0.104. The van der Waals surface area contributed by atoms with Crippen LogP contribution in [0.4, 0.5) is 0 Å². The van der Waals surface area contributed by atoms with Crippen molar-refractivity contribution in [1.29, 1.82) is 0 Å². The first kappa shape index (κ1) is 17.8. The molecule has 3 nitrogen and oxygen atoms in total. The topological polar surface area (TPSA) is 29.5 Å². The highest BCUT2D eigenvalue weighted by Gasteiger charge is 2.23. The van der Waals surface area contributed by atoms with E-state index in [1.165, 1.54) is 12.2 Å². The Bertz CT molecular complexity index is 434. The van der Waals surface area contributed by atoms with Crippen molar-refractivity contribution in [2.45, 2.75) is 42.8 Å². The van der Waals surface area contributed by atoms with Crippen molar-refractivity contribution in [3.05, 3.63) is 42.5 Å². The van der Waals surface area contributed by atoms with Gasteiger partial charge in [0.25, 0.3) is 5.91 Å². The van der Waals surface area contributed by atoms with E-state index in [0.29, 0.717) is 0 Å². The van der Waals surface area contributed by atoms with Gasteiger partial charge < -0.3 is 0 Å². The highest BCUT2D eigenvalue weighted by atomic mass is 32.2. The fourth-order valence-electron chi connectivity index (χ4n) is 1.89. The van der Waals surface area contributed by atoms with Crippen molar-refractivity contribution in [3.63, 3.8) is 0 Å². The average molecular weight is 307 g/mol. The second kappa shape index (κ2) is 10.5. The molecule has 0 bridgehead atoms. The zero-order valence-corrected chi connectivity index (χ0v) is 13.9. The van der Waals surface area contributed by atoms with Crippen LogP contribution in [0.1, 0.15) is 32.6 Å². The van der Waals surface area contributed by atoms with Crippen molar-refractivity contribution in [1.82, 2.24) is 5.06 Å². The van der Waals surface area contributed by atoms with Gasteiger partial charge in [-0.3, -0.25) is 9.63 Å². The first-order valence-corrected chi connectivity index (χ1v) is 8.25. The van der Waals surface area contributed by atoms with Gasteiger partial charge in [0.1, 0.15) is 0 Å². The minimum Gasteiger partial charge on any atom is -0.275 e. The summed E-state index contributed by atoms with van der Waals surface area (Å²) in [6.07, 6.45) is 8.29. The fraction of sp³-hybridized carbons (Fsp3) is 0.471. The number of hydrogen-bond acceptors (Lipinski definition) is 3. The van der Waals surface area contributed by atoms with E-state index < -0.39 is 0 Å². The number of carbonyl (C=O) groups is 1. The standard InChI is InChI=1S/C17H25NO2S/c1-4-5-6-7-11-14-16(17(19)18(2)20-3)21-15-12-9-8-10-13-15/h5-6,8-10,12-13,16H,4,7,11,14H2,1-3H3. The quantitative estimate of drug-likeness (QED) is 0.295. The van der Waals surface area contributed by atoms with E-state index in [1.807, 2.05) is 30.3 Å². The monoisotopic (exact) mass is 307 g/mol. The van der Waals surface area contributed by atoms with Gasteiger partial charge in [0.15, 0.2) is 0 Å². The van der Waals surface area contributed by atoms with Crippen molar-refractivity contribution in [2.75, 3.05) is 14.2 Å². The molecule has 1 unspecified atom stereocenters. The number of rotatable bonds is 9. The van der Waals surface area contributed by atoms with Gasteiger partial charge in [0.05, 0.1) is 12.4 Å². The fourth-order valence-corrected chi connectivity index (χ4v) is 3.07. The lowest BCUT2D eigenvalue weighted by Gasteiger charge is -2.21. The third-order valence-electron chi connectivity index (χ3n) is 3.12. The highest BCUT2D eigenvalue weighted by Crippen LogP contribution is 2.28. The number of amides is 1. The lowest BCUT2D eigenvalue weighted by Crippen LogP contribution is -2.33. The molecule has 0 aliphatic carbocycles. The predicted octanol–water partition coefficient (Wildman–Crippen LogP) is 4.30. The summed E-state index contributed by atoms with van der Waals surface area (Å²) in [5, 5.41) is 1.22. The third-order valence-corrected chi connectivity index (χ3v) is 4.39. The summed E-state index contributed by atoms with van der Waals surface area (Å²) in [6.45, 7) is 2.13. The number of nitrogens with zero attached hydrogens (tertiary/aromatic N) is 1. The Labute approximate surface area is 132 Å². The van der Waals surface area contributed by atoms with Crippen LogP contribution in [0.5, 0.6) is 0 Å². The Hall–Kier alpha value is -1.26. The number of thioether (sulfide) groups is 1. The van der Waals surface area contributed by atoms with E-state index in [1.54, 1.807) is 18.8 Å². The summed E-state index contributed by atoms with van der Waals surface area (Å²) in [6, 6.07) is 10.0. The van der Waals surface area contributed by atoms with Gasteiger partial charge >= 0.3 is 0 Å². The molecule has 0 heterocycles. The van der Waals surface area contributed by atoms with Gasteiger partial charge in [-0.15, -0.1) is 11.8 Å². The second-order valence-electron chi connectivity index (χ2n) is 4.75. The van der Waals surface area contributed by atoms with E-state index in [2.05, 4.69) is 19.1 Å². The van der Waals surface area contributed by atoms with Gasteiger partial charge in [0, 0.05) is 11.9 Å². The van der Waals surface area contributed by atoms with Crippen molar-refractivity contribution >= 4 is 17.7 Å². The van der Waals surface area contributed by atoms with E-state index in [0.717, 1.165) is 30.6 Å². The highest BCUT2D eigenvalue weighted by molar-refractivity contribution is 8.00. The van der Waals surface area contributed by atoms with Gasteiger partial charge in [-0.1, -0.05) is 37.3 Å². The summed E-state index contributed by atoms with van der Waals surface area (Å²) in [5.41, 5.74) is 0. The molecule has 1 aromatic rings. The Morgan fingerprint density at radius 1 is 1.33 bits per heavy atom. The smallest absolute Gasteiger partial charge is 0.259 e. The first-order valence-electron chi connectivity index (χ1n) is 7.37. The van der Waals surface area contributed by atoms with Crippen LogP contribution < -0.4 is 0 Å². The molecule has 1 rings (SSSR count). The number of unbranched alkanes of at least 4 members (excludes halogenated alkanes) is 1. The Balaban J connectivity index is 2.61. The summed E-state index contributed by atoms with van der Waals surface area (Å²) in [4.78, 5) is 18.5.